The lowest BCUT2D eigenvalue weighted by Crippen LogP contribution is -2.21. The Morgan fingerprint density at radius 3 is 2.73 bits per heavy atom. The Kier molecular flexibility index (Phi) is 4.22. The zero-order valence-corrected chi connectivity index (χ0v) is 13.1. The second-order valence-electron chi connectivity index (χ2n) is 5.94. The van der Waals surface area contributed by atoms with E-state index < -0.39 is 0 Å². The molecule has 0 N–H and O–H groups in total. The molecule has 1 fully saturated rings. The van der Waals surface area contributed by atoms with E-state index >= 15 is 0 Å². The van der Waals surface area contributed by atoms with Crippen molar-refractivity contribution >= 4 is 5.97 Å². The Morgan fingerprint density at radius 2 is 2.00 bits per heavy atom. The largest absolute Gasteiger partial charge is 0.458 e. The van der Waals surface area contributed by atoms with E-state index in [1.54, 1.807) is 4.68 Å². The van der Waals surface area contributed by atoms with Crippen molar-refractivity contribution in [2.75, 3.05) is 0 Å². The van der Waals surface area contributed by atoms with Gasteiger partial charge in [-0.3, -0.25) is 0 Å². The van der Waals surface area contributed by atoms with Crippen molar-refractivity contribution in [3.05, 3.63) is 41.2 Å². The fraction of sp³-hybridized carbons (Fsp3) is 0.471. The normalized spacial score (nSPS) is 15.7. The van der Waals surface area contributed by atoms with Gasteiger partial charge in [-0.25, -0.2) is 9.48 Å². The summed E-state index contributed by atoms with van der Waals surface area (Å²) in [7, 11) is 0. The molecule has 116 valence electrons. The summed E-state index contributed by atoms with van der Waals surface area (Å²) < 4.78 is 7.26. The van der Waals surface area contributed by atoms with E-state index in [9.17, 15) is 4.79 Å². The minimum absolute atomic E-state index is 0.0322. The van der Waals surface area contributed by atoms with Gasteiger partial charge in [0.1, 0.15) is 6.10 Å². The van der Waals surface area contributed by atoms with Crippen molar-refractivity contribution in [1.29, 1.82) is 0 Å². The first-order valence-electron chi connectivity index (χ1n) is 7.85. The van der Waals surface area contributed by atoms with E-state index in [0.29, 0.717) is 11.4 Å². The molecule has 0 unspecified atom stereocenters. The van der Waals surface area contributed by atoms with Crippen molar-refractivity contribution in [3.8, 4) is 5.69 Å². The standard InChI is InChI=1S/C17H21N3O2/c1-12-7-6-8-14(11-12)20-13(2)16(18-19-20)17(21)22-15-9-4-3-5-10-15/h6-8,11,15H,3-5,9-10H2,1-2H3. The number of aryl methyl sites for hydroxylation is 1. The van der Waals surface area contributed by atoms with Crippen LogP contribution in [0.4, 0.5) is 0 Å². The third-order valence-corrected chi connectivity index (χ3v) is 4.16. The highest BCUT2D eigenvalue weighted by atomic mass is 16.5. The van der Waals surface area contributed by atoms with Crippen LogP contribution in [0, 0.1) is 13.8 Å². The van der Waals surface area contributed by atoms with Gasteiger partial charge in [-0.1, -0.05) is 23.8 Å². The lowest BCUT2D eigenvalue weighted by molar-refractivity contribution is 0.0203. The second-order valence-corrected chi connectivity index (χ2v) is 5.94. The molecule has 1 heterocycles. The summed E-state index contributed by atoms with van der Waals surface area (Å²) in [6.45, 7) is 3.87. The molecule has 0 spiro atoms. The minimum atomic E-state index is -0.358. The lowest BCUT2D eigenvalue weighted by Gasteiger charge is -2.21. The zero-order valence-electron chi connectivity index (χ0n) is 13.1. The number of benzene rings is 1. The number of carbonyl (C=O) groups is 1. The van der Waals surface area contributed by atoms with Gasteiger partial charge in [0.05, 0.1) is 11.4 Å². The lowest BCUT2D eigenvalue weighted by atomic mass is 9.98. The Bertz CT molecular complexity index is 672. The first-order chi connectivity index (χ1) is 10.6. The van der Waals surface area contributed by atoms with Crippen LogP contribution in [0.3, 0.4) is 0 Å². The summed E-state index contributed by atoms with van der Waals surface area (Å²) in [5.41, 5.74) is 3.07. The molecule has 0 radical (unpaired) electrons. The number of rotatable bonds is 3. The first-order valence-corrected chi connectivity index (χ1v) is 7.85. The van der Waals surface area contributed by atoms with Crippen LogP contribution < -0.4 is 0 Å². The number of nitrogens with zero attached hydrogens (tertiary/aromatic N) is 3. The van der Waals surface area contributed by atoms with Crippen LogP contribution in [0.1, 0.15) is 53.8 Å². The highest BCUT2D eigenvalue weighted by Gasteiger charge is 2.23. The summed E-state index contributed by atoms with van der Waals surface area (Å²) >= 11 is 0. The third-order valence-electron chi connectivity index (χ3n) is 4.16. The summed E-state index contributed by atoms with van der Waals surface area (Å²) in [5, 5.41) is 8.13. The SMILES string of the molecule is Cc1cccc(-n2nnc(C(=O)OC3CCCCC3)c2C)c1. The maximum atomic E-state index is 12.3. The monoisotopic (exact) mass is 299 g/mol. The van der Waals surface area contributed by atoms with Crippen LogP contribution in [0.2, 0.25) is 0 Å². The Balaban J connectivity index is 1.79. The number of carbonyl (C=O) groups excluding carboxylic acids is 1. The summed E-state index contributed by atoms with van der Waals surface area (Å²) in [6.07, 6.45) is 5.44. The Morgan fingerprint density at radius 1 is 1.23 bits per heavy atom. The first kappa shape index (κ1) is 14.8. The van der Waals surface area contributed by atoms with Crippen molar-refractivity contribution in [2.24, 2.45) is 0 Å². The van der Waals surface area contributed by atoms with Crippen LogP contribution >= 0.6 is 0 Å². The van der Waals surface area contributed by atoms with Gasteiger partial charge in [0.15, 0.2) is 5.69 Å². The zero-order chi connectivity index (χ0) is 15.5. The molecule has 0 saturated heterocycles. The van der Waals surface area contributed by atoms with E-state index in [0.717, 1.165) is 36.9 Å². The van der Waals surface area contributed by atoms with Crippen molar-refractivity contribution < 1.29 is 9.53 Å². The van der Waals surface area contributed by atoms with Crippen LogP contribution in [0.5, 0.6) is 0 Å². The van der Waals surface area contributed by atoms with Crippen molar-refractivity contribution in [3.63, 3.8) is 0 Å². The molecule has 5 nitrogen and oxygen atoms in total. The molecule has 1 saturated carbocycles. The maximum absolute atomic E-state index is 12.3. The van der Waals surface area contributed by atoms with Gasteiger partial charge in [-0.15, -0.1) is 5.10 Å². The topological polar surface area (TPSA) is 57.0 Å². The summed E-state index contributed by atoms with van der Waals surface area (Å²) in [5.74, 6) is -0.358. The highest BCUT2D eigenvalue weighted by molar-refractivity contribution is 5.88. The average molecular weight is 299 g/mol. The maximum Gasteiger partial charge on any atom is 0.361 e. The number of esters is 1. The van der Waals surface area contributed by atoms with E-state index in [4.69, 9.17) is 4.74 Å². The predicted octanol–water partition coefficient (Wildman–Crippen LogP) is 3.37. The van der Waals surface area contributed by atoms with Crippen LogP contribution in [-0.2, 0) is 4.74 Å². The van der Waals surface area contributed by atoms with Crippen LogP contribution in [0.15, 0.2) is 24.3 Å². The Hall–Kier alpha value is -2.17. The number of hydrogen-bond acceptors (Lipinski definition) is 4. The van der Waals surface area contributed by atoms with Gasteiger partial charge in [-0.05, 0) is 57.2 Å². The smallest absolute Gasteiger partial charge is 0.361 e. The molecular weight excluding hydrogens is 278 g/mol. The summed E-state index contributed by atoms with van der Waals surface area (Å²) in [4.78, 5) is 12.3. The number of hydrogen-bond donors (Lipinski definition) is 0. The molecule has 0 atom stereocenters. The predicted molar refractivity (Wildman–Crippen MR) is 83.1 cm³/mol. The van der Waals surface area contributed by atoms with Crippen molar-refractivity contribution in [1.82, 2.24) is 15.0 Å². The fourth-order valence-electron chi connectivity index (χ4n) is 2.91. The van der Waals surface area contributed by atoms with Crippen LogP contribution in [-0.4, -0.2) is 27.1 Å². The molecule has 1 aliphatic rings. The number of aromatic nitrogens is 3. The summed E-state index contributed by atoms with van der Waals surface area (Å²) in [6, 6.07) is 7.95. The molecule has 3 rings (SSSR count). The molecule has 1 aliphatic carbocycles. The quantitative estimate of drug-likeness (QED) is 0.815. The van der Waals surface area contributed by atoms with Gasteiger partial charge in [-0.2, -0.15) is 0 Å². The molecular formula is C17H21N3O2. The second kappa shape index (κ2) is 6.30. The molecule has 0 bridgehead atoms. The number of ether oxygens (including phenoxy) is 1. The van der Waals surface area contributed by atoms with Gasteiger partial charge in [0.2, 0.25) is 0 Å². The molecule has 2 aromatic rings. The van der Waals surface area contributed by atoms with Gasteiger partial charge in [0.25, 0.3) is 0 Å². The van der Waals surface area contributed by atoms with E-state index in [1.165, 1.54) is 6.42 Å². The van der Waals surface area contributed by atoms with Gasteiger partial charge >= 0.3 is 5.97 Å². The molecule has 5 heteroatoms. The van der Waals surface area contributed by atoms with Gasteiger partial charge in [0, 0.05) is 0 Å². The Labute approximate surface area is 130 Å². The van der Waals surface area contributed by atoms with E-state index in [1.807, 2.05) is 38.1 Å². The molecule has 0 amide bonds. The highest BCUT2D eigenvalue weighted by Crippen LogP contribution is 2.22. The molecule has 1 aromatic carbocycles. The molecule has 1 aromatic heterocycles. The average Bonchev–Trinajstić information content (AvgIpc) is 2.90. The van der Waals surface area contributed by atoms with Crippen LogP contribution in [0.25, 0.3) is 5.69 Å². The molecule has 22 heavy (non-hydrogen) atoms. The van der Waals surface area contributed by atoms with Crippen molar-refractivity contribution in [2.45, 2.75) is 52.1 Å². The third kappa shape index (κ3) is 3.03. The fourth-order valence-corrected chi connectivity index (χ4v) is 2.91. The minimum Gasteiger partial charge on any atom is -0.458 e. The molecule has 0 aliphatic heterocycles. The van der Waals surface area contributed by atoms with E-state index in [2.05, 4.69) is 10.3 Å². The van der Waals surface area contributed by atoms with E-state index in [-0.39, 0.29) is 12.1 Å². The van der Waals surface area contributed by atoms with Gasteiger partial charge < -0.3 is 4.74 Å².